The molecule has 0 aliphatic carbocycles. The van der Waals surface area contributed by atoms with Crippen LogP contribution in [0.1, 0.15) is 36.6 Å². The van der Waals surface area contributed by atoms with Gasteiger partial charge in [-0.05, 0) is 31.4 Å². The zero-order chi connectivity index (χ0) is 11.7. The number of hydrogen-bond donors (Lipinski definition) is 1. The smallest absolute Gasteiger partial charge is 0.371 e. The summed E-state index contributed by atoms with van der Waals surface area (Å²) in [7, 11) is 0. The molecule has 1 aromatic heterocycles. The molecule has 16 heavy (non-hydrogen) atoms. The highest BCUT2D eigenvalue weighted by Gasteiger charge is 2.26. The number of carbonyl (C=O) groups is 1. The molecule has 2 heterocycles. The minimum Gasteiger partial charge on any atom is -0.475 e. The van der Waals surface area contributed by atoms with E-state index in [4.69, 9.17) is 9.52 Å². The molecule has 0 spiro atoms. The molecule has 2 rings (SSSR count). The monoisotopic (exact) mass is 223 g/mol. The van der Waals surface area contributed by atoms with E-state index in [1.165, 1.54) is 12.5 Å². The van der Waals surface area contributed by atoms with Crippen molar-refractivity contribution in [3.63, 3.8) is 0 Å². The molecule has 1 aliphatic rings. The van der Waals surface area contributed by atoms with E-state index >= 15 is 0 Å². The van der Waals surface area contributed by atoms with Gasteiger partial charge in [-0.1, -0.05) is 6.92 Å². The third-order valence-corrected chi connectivity index (χ3v) is 3.14. The summed E-state index contributed by atoms with van der Waals surface area (Å²) >= 11 is 0. The Morgan fingerprint density at radius 1 is 1.56 bits per heavy atom. The lowest BCUT2D eigenvalue weighted by molar-refractivity contribution is 0.0658. The van der Waals surface area contributed by atoms with Gasteiger partial charge in [0.05, 0.1) is 6.54 Å². The topological polar surface area (TPSA) is 53.7 Å². The maximum atomic E-state index is 10.7. The van der Waals surface area contributed by atoms with Crippen LogP contribution in [0, 0.1) is 5.92 Å². The average Bonchev–Trinajstić information content (AvgIpc) is 2.75. The van der Waals surface area contributed by atoms with Crippen molar-refractivity contribution in [3.05, 3.63) is 23.7 Å². The van der Waals surface area contributed by atoms with Crippen LogP contribution in [0.4, 0.5) is 0 Å². The van der Waals surface area contributed by atoms with Gasteiger partial charge in [-0.25, -0.2) is 4.79 Å². The van der Waals surface area contributed by atoms with Crippen LogP contribution in [0.2, 0.25) is 0 Å². The van der Waals surface area contributed by atoms with Crippen molar-refractivity contribution in [1.29, 1.82) is 0 Å². The Bertz CT molecular complexity index is 385. The van der Waals surface area contributed by atoms with E-state index < -0.39 is 5.97 Å². The number of likely N-dealkylation sites (tertiary alicyclic amines) is 1. The zero-order valence-corrected chi connectivity index (χ0v) is 9.64. The lowest BCUT2D eigenvalue weighted by atomic mass is 10.1. The SMILES string of the molecule is CC1CC(C)N(Cc2ccc(C(=O)O)o2)C1. The van der Waals surface area contributed by atoms with Gasteiger partial charge in [-0.3, -0.25) is 4.90 Å². The molecule has 2 atom stereocenters. The highest BCUT2D eigenvalue weighted by Crippen LogP contribution is 2.24. The molecule has 4 nitrogen and oxygen atoms in total. The maximum Gasteiger partial charge on any atom is 0.371 e. The summed E-state index contributed by atoms with van der Waals surface area (Å²) in [5.41, 5.74) is 0. The summed E-state index contributed by atoms with van der Waals surface area (Å²) in [5.74, 6) is 0.464. The van der Waals surface area contributed by atoms with E-state index in [9.17, 15) is 4.79 Å². The van der Waals surface area contributed by atoms with Gasteiger partial charge in [0.2, 0.25) is 5.76 Å². The lowest BCUT2D eigenvalue weighted by Gasteiger charge is -2.19. The zero-order valence-electron chi connectivity index (χ0n) is 9.64. The van der Waals surface area contributed by atoms with Crippen molar-refractivity contribution >= 4 is 5.97 Å². The first-order chi connectivity index (χ1) is 7.56. The molecule has 88 valence electrons. The van der Waals surface area contributed by atoms with Gasteiger partial charge in [0, 0.05) is 12.6 Å². The predicted octanol–water partition coefficient (Wildman–Crippen LogP) is 2.21. The van der Waals surface area contributed by atoms with Crippen LogP contribution in [0.3, 0.4) is 0 Å². The first-order valence-electron chi connectivity index (χ1n) is 5.62. The second kappa shape index (κ2) is 4.29. The normalized spacial score (nSPS) is 26.1. The Morgan fingerprint density at radius 2 is 2.31 bits per heavy atom. The van der Waals surface area contributed by atoms with Crippen LogP contribution >= 0.6 is 0 Å². The number of rotatable bonds is 3. The number of aromatic carboxylic acids is 1. The summed E-state index contributed by atoms with van der Waals surface area (Å²) in [6.07, 6.45) is 1.20. The molecule has 0 radical (unpaired) electrons. The summed E-state index contributed by atoms with van der Waals surface area (Å²) in [4.78, 5) is 13.0. The Hall–Kier alpha value is -1.29. The average molecular weight is 223 g/mol. The van der Waals surface area contributed by atoms with Crippen molar-refractivity contribution in [2.75, 3.05) is 6.54 Å². The van der Waals surface area contributed by atoms with Gasteiger partial charge < -0.3 is 9.52 Å². The van der Waals surface area contributed by atoms with Crippen molar-refractivity contribution in [1.82, 2.24) is 4.90 Å². The molecule has 0 aromatic carbocycles. The van der Waals surface area contributed by atoms with E-state index in [2.05, 4.69) is 18.7 Å². The summed E-state index contributed by atoms with van der Waals surface area (Å²) in [6.45, 7) is 6.20. The molecular weight excluding hydrogens is 206 g/mol. The molecule has 1 aromatic rings. The standard InChI is InChI=1S/C12H17NO3/c1-8-5-9(2)13(6-8)7-10-3-4-11(16-10)12(14)15/h3-4,8-9H,5-7H2,1-2H3,(H,14,15). The second-order valence-corrected chi connectivity index (χ2v) is 4.69. The molecular formula is C12H17NO3. The largest absolute Gasteiger partial charge is 0.475 e. The van der Waals surface area contributed by atoms with E-state index in [0.717, 1.165) is 12.3 Å². The van der Waals surface area contributed by atoms with E-state index in [1.807, 2.05) is 0 Å². The molecule has 0 bridgehead atoms. The van der Waals surface area contributed by atoms with Gasteiger partial charge in [0.1, 0.15) is 5.76 Å². The van der Waals surface area contributed by atoms with Crippen LogP contribution in [-0.4, -0.2) is 28.6 Å². The molecule has 1 fully saturated rings. The Labute approximate surface area is 94.9 Å². The summed E-state index contributed by atoms with van der Waals surface area (Å²) in [6, 6.07) is 3.81. The van der Waals surface area contributed by atoms with Gasteiger partial charge in [0.15, 0.2) is 0 Å². The van der Waals surface area contributed by atoms with Gasteiger partial charge >= 0.3 is 5.97 Å². The highest BCUT2D eigenvalue weighted by molar-refractivity contribution is 5.84. The van der Waals surface area contributed by atoms with Crippen LogP contribution in [-0.2, 0) is 6.54 Å². The van der Waals surface area contributed by atoms with Crippen LogP contribution in [0.5, 0.6) is 0 Å². The molecule has 1 N–H and O–H groups in total. The van der Waals surface area contributed by atoms with Crippen molar-refractivity contribution in [2.45, 2.75) is 32.9 Å². The van der Waals surface area contributed by atoms with E-state index in [0.29, 0.717) is 18.5 Å². The van der Waals surface area contributed by atoms with Crippen LogP contribution < -0.4 is 0 Å². The number of nitrogens with zero attached hydrogens (tertiary/aromatic N) is 1. The van der Waals surface area contributed by atoms with Crippen molar-refractivity contribution in [3.8, 4) is 0 Å². The van der Waals surface area contributed by atoms with Crippen molar-refractivity contribution < 1.29 is 14.3 Å². The first-order valence-corrected chi connectivity index (χ1v) is 5.62. The summed E-state index contributed by atoms with van der Waals surface area (Å²) < 4.78 is 5.25. The fraction of sp³-hybridized carbons (Fsp3) is 0.583. The fourth-order valence-corrected chi connectivity index (χ4v) is 2.38. The third-order valence-electron chi connectivity index (χ3n) is 3.14. The molecule has 0 saturated carbocycles. The van der Waals surface area contributed by atoms with Gasteiger partial charge in [0.25, 0.3) is 0 Å². The maximum absolute atomic E-state index is 10.7. The molecule has 0 amide bonds. The third kappa shape index (κ3) is 2.27. The Balaban J connectivity index is 2.01. The quantitative estimate of drug-likeness (QED) is 0.853. The Kier molecular flexibility index (Phi) is 3.01. The molecule has 2 unspecified atom stereocenters. The number of hydrogen-bond acceptors (Lipinski definition) is 3. The van der Waals surface area contributed by atoms with E-state index in [1.54, 1.807) is 6.07 Å². The number of carboxylic acids is 1. The van der Waals surface area contributed by atoms with Crippen LogP contribution in [0.25, 0.3) is 0 Å². The van der Waals surface area contributed by atoms with E-state index in [-0.39, 0.29) is 5.76 Å². The minimum atomic E-state index is -1.01. The molecule has 4 heteroatoms. The number of carboxylic acid groups (broad SMARTS) is 1. The molecule has 1 aliphatic heterocycles. The van der Waals surface area contributed by atoms with Crippen molar-refractivity contribution in [2.24, 2.45) is 5.92 Å². The second-order valence-electron chi connectivity index (χ2n) is 4.69. The van der Waals surface area contributed by atoms with Crippen LogP contribution in [0.15, 0.2) is 16.5 Å². The molecule has 1 saturated heterocycles. The first kappa shape index (κ1) is 11.2. The Morgan fingerprint density at radius 3 is 2.81 bits per heavy atom. The van der Waals surface area contributed by atoms with Gasteiger partial charge in [-0.15, -0.1) is 0 Å². The number of furan rings is 1. The van der Waals surface area contributed by atoms with Gasteiger partial charge in [-0.2, -0.15) is 0 Å². The summed E-state index contributed by atoms with van der Waals surface area (Å²) in [5, 5.41) is 8.75. The predicted molar refractivity (Wildman–Crippen MR) is 59.3 cm³/mol. The fourth-order valence-electron chi connectivity index (χ4n) is 2.38. The highest BCUT2D eigenvalue weighted by atomic mass is 16.4. The minimum absolute atomic E-state index is 0.0231. The lowest BCUT2D eigenvalue weighted by Crippen LogP contribution is -2.26.